The van der Waals surface area contributed by atoms with Gasteiger partial charge in [-0.05, 0) is 43.9 Å². The van der Waals surface area contributed by atoms with Gasteiger partial charge in [-0.15, -0.1) is 24.8 Å². The molecule has 0 aliphatic carbocycles. The third-order valence-electron chi connectivity index (χ3n) is 4.29. The van der Waals surface area contributed by atoms with Crippen LogP contribution in [-0.4, -0.2) is 56.4 Å². The maximum atomic E-state index is 12.3. The van der Waals surface area contributed by atoms with E-state index in [1.165, 1.54) is 5.56 Å². The Morgan fingerprint density at radius 3 is 2.04 bits per heavy atom. The maximum Gasteiger partial charge on any atom is 0.164 e. The lowest BCUT2D eigenvalue weighted by molar-refractivity contribution is 0.0967. The Hall–Kier alpha value is -1.59. The van der Waals surface area contributed by atoms with E-state index in [4.69, 9.17) is 4.74 Å². The van der Waals surface area contributed by atoms with Crippen molar-refractivity contribution >= 4 is 30.6 Å². The molecule has 0 aliphatic rings. The zero-order chi connectivity index (χ0) is 18.1. The van der Waals surface area contributed by atoms with E-state index in [0.717, 1.165) is 37.5 Å². The molecule has 0 aromatic heterocycles. The van der Waals surface area contributed by atoms with E-state index in [1.807, 2.05) is 30.3 Å². The molecule has 0 saturated heterocycles. The summed E-state index contributed by atoms with van der Waals surface area (Å²) in [6.07, 6.45) is 0.533. The number of carbonyl (C=O) groups is 1. The minimum absolute atomic E-state index is 0. The van der Waals surface area contributed by atoms with Crippen LogP contribution in [0.25, 0.3) is 0 Å². The van der Waals surface area contributed by atoms with E-state index >= 15 is 0 Å². The van der Waals surface area contributed by atoms with Crippen molar-refractivity contribution in [1.29, 1.82) is 0 Å². The van der Waals surface area contributed by atoms with Gasteiger partial charge in [-0.2, -0.15) is 0 Å². The number of likely N-dealkylation sites (N-methyl/N-ethyl adjacent to an activating group) is 2. The topological polar surface area (TPSA) is 32.8 Å². The molecule has 2 aromatic carbocycles. The fraction of sp³-hybridized carbons (Fsp3) is 0.381. The predicted octanol–water partition coefficient (Wildman–Crippen LogP) is 4.18. The van der Waals surface area contributed by atoms with Crippen LogP contribution in [-0.2, 0) is 6.54 Å². The third-order valence-corrected chi connectivity index (χ3v) is 4.29. The Balaban J connectivity index is 0.00000338. The van der Waals surface area contributed by atoms with Crippen LogP contribution in [0.4, 0.5) is 0 Å². The number of hydrogen-bond donors (Lipinski definition) is 0. The van der Waals surface area contributed by atoms with Gasteiger partial charge in [0.05, 0.1) is 7.11 Å². The summed E-state index contributed by atoms with van der Waals surface area (Å²) >= 11 is 0. The van der Waals surface area contributed by atoms with E-state index in [2.05, 4.69) is 48.2 Å². The fourth-order valence-electron chi connectivity index (χ4n) is 2.64. The standard InChI is InChI=1S/C21H28N2O2.2ClH/c1-22(15-16-23(2)17-18-7-5-4-6-8-18)14-13-21(24)19-9-11-20(25-3)12-10-19;;/h4-12H,13-17H2,1-3H3;2*1H. The third kappa shape index (κ3) is 9.25. The molecule has 0 spiro atoms. The Morgan fingerprint density at radius 1 is 0.852 bits per heavy atom. The molecule has 0 amide bonds. The number of methoxy groups -OCH3 is 1. The van der Waals surface area contributed by atoms with E-state index in [9.17, 15) is 4.79 Å². The molecule has 2 aromatic rings. The molecule has 150 valence electrons. The van der Waals surface area contributed by atoms with Crippen LogP contribution in [0.3, 0.4) is 0 Å². The average molecular weight is 413 g/mol. The molecular formula is C21H30Cl2N2O2. The van der Waals surface area contributed by atoms with Crippen LogP contribution in [0, 0.1) is 0 Å². The average Bonchev–Trinajstić information content (AvgIpc) is 2.65. The second-order valence-corrected chi connectivity index (χ2v) is 6.43. The van der Waals surface area contributed by atoms with Crippen molar-refractivity contribution in [3.05, 3.63) is 65.7 Å². The molecule has 0 radical (unpaired) electrons. The highest BCUT2D eigenvalue weighted by molar-refractivity contribution is 5.96. The van der Waals surface area contributed by atoms with E-state index < -0.39 is 0 Å². The molecule has 27 heavy (non-hydrogen) atoms. The molecule has 0 N–H and O–H groups in total. The quantitative estimate of drug-likeness (QED) is 0.548. The zero-order valence-electron chi connectivity index (χ0n) is 16.3. The highest BCUT2D eigenvalue weighted by Gasteiger charge is 2.09. The minimum atomic E-state index is 0. The lowest BCUT2D eigenvalue weighted by Gasteiger charge is -2.22. The van der Waals surface area contributed by atoms with E-state index in [-0.39, 0.29) is 30.6 Å². The van der Waals surface area contributed by atoms with Crippen LogP contribution < -0.4 is 4.74 Å². The number of carbonyl (C=O) groups excluding carboxylic acids is 1. The molecule has 0 saturated carbocycles. The van der Waals surface area contributed by atoms with Gasteiger partial charge in [0.2, 0.25) is 0 Å². The van der Waals surface area contributed by atoms with Crippen LogP contribution in [0.15, 0.2) is 54.6 Å². The minimum Gasteiger partial charge on any atom is -0.497 e. The lowest BCUT2D eigenvalue weighted by Crippen LogP contribution is -2.31. The number of ketones is 1. The Bertz CT molecular complexity index is 651. The summed E-state index contributed by atoms with van der Waals surface area (Å²) in [7, 11) is 5.82. The summed E-state index contributed by atoms with van der Waals surface area (Å²) in [4.78, 5) is 16.8. The smallest absolute Gasteiger partial charge is 0.164 e. The lowest BCUT2D eigenvalue weighted by atomic mass is 10.1. The first-order valence-corrected chi connectivity index (χ1v) is 8.66. The molecule has 0 aliphatic heterocycles. The van der Waals surface area contributed by atoms with Gasteiger partial charge in [0, 0.05) is 38.2 Å². The maximum absolute atomic E-state index is 12.3. The molecule has 0 bridgehead atoms. The van der Waals surface area contributed by atoms with Crippen molar-refractivity contribution < 1.29 is 9.53 Å². The van der Waals surface area contributed by atoms with Crippen molar-refractivity contribution in [2.75, 3.05) is 40.8 Å². The first-order valence-electron chi connectivity index (χ1n) is 8.66. The number of ether oxygens (including phenoxy) is 1. The van der Waals surface area contributed by atoms with Crippen LogP contribution in [0.5, 0.6) is 5.75 Å². The van der Waals surface area contributed by atoms with Crippen molar-refractivity contribution in [1.82, 2.24) is 9.80 Å². The summed E-state index contributed by atoms with van der Waals surface area (Å²) in [6, 6.07) is 17.8. The Kier molecular flexibility index (Phi) is 12.8. The van der Waals surface area contributed by atoms with Crippen molar-refractivity contribution in [3.8, 4) is 5.75 Å². The van der Waals surface area contributed by atoms with Gasteiger partial charge in [-0.1, -0.05) is 30.3 Å². The summed E-state index contributed by atoms with van der Waals surface area (Å²) in [5.41, 5.74) is 2.07. The molecule has 0 fully saturated rings. The largest absolute Gasteiger partial charge is 0.497 e. The Labute approximate surface area is 175 Å². The second-order valence-electron chi connectivity index (χ2n) is 6.43. The number of nitrogens with zero attached hydrogens (tertiary/aromatic N) is 2. The van der Waals surface area contributed by atoms with Gasteiger partial charge >= 0.3 is 0 Å². The van der Waals surface area contributed by atoms with E-state index in [1.54, 1.807) is 7.11 Å². The number of hydrogen-bond acceptors (Lipinski definition) is 4. The molecule has 0 atom stereocenters. The van der Waals surface area contributed by atoms with Gasteiger partial charge in [-0.3, -0.25) is 4.79 Å². The monoisotopic (exact) mass is 412 g/mol. The van der Waals surface area contributed by atoms with Gasteiger partial charge in [0.15, 0.2) is 5.78 Å². The number of benzene rings is 2. The van der Waals surface area contributed by atoms with Gasteiger partial charge < -0.3 is 14.5 Å². The molecular weight excluding hydrogens is 383 g/mol. The van der Waals surface area contributed by atoms with Crippen LogP contribution in [0.2, 0.25) is 0 Å². The second kappa shape index (κ2) is 13.6. The first kappa shape index (κ1) is 25.4. The predicted molar refractivity (Wildman–Crippen MR) is 117 cm³/mol. The highest BCUT2D eigenvalue weighted by atomic mass is 35.5. The summed E-state index contributed by atoms with van der Waals surface area (Å²) in [5, 5.41) is 0. The van der Waals surface area contributed by atoms with Crippen molar-refractivity contribution in [2.45, 2.75) is 13.0 Å². The first-order chi connectivity index (χ1) is 12.1. The number of rotatable bonds is 10. The molecule has 0 unspecified atom stereocenters. The molecule has 6 heteroatoms. The van der Waals surface area contributed by atoms with Gasteiger partial charge in [0.1, 0.15) is 5.75 Å². The summed E-state index contributed by atoms with van der Waals surface area (Å²) < 4.78 is 5.12. The fourth-order valence-corrected chi connectivity index (χ4v) is 2.64. The van der Waals surface area contributed by atoms with E-state index in [0.29, 0.717) is 6.42 Å². The van der Waals surface area contributed by atoms with Crippen LogP contribution >= 0.6 is 24.8 Å². The molecule has 2 rings (SSSR count). The normalized spacial score (nSPS) is 10.3. The number of Topliss-reactive ketones (excluding diaryl/α,β-unsaturated/α-hetero) is 1. The molecule has 0 heterocycles. The van der Waals surface area contributed by atoms with Crippen LogP contribution in [0.1, 0.15) is 22.3 Å². The highest BCUT2D eigenvalue weighted by Crippen LogP contribution is 2.12. The van der Waals surface area contributed by atoms with Crippen molar-refractivity contribution in [2.24, 2.45) is 0 Å². The summed E-state index contributed by atoms with van der Waals surface area (Å²) in [5.74, 6) is 0.947. The Morgan fingerprint density at radius 2 is 1.44 bits per heavy atom. The summed E-state index contributed by atoms with van der Waals surface area (Å²) in [6.45, 7) is 3.63. The van der Waals surface area contributed by atoms with Gasteiger partial charge in [-0.25, -0.2) is 0 Å². The number of halogens is 2. The van der Waals surface area contributed by atoms with Crippen molar-refractivity contribution in [3.63, 3.8) is 0 Å². The van der Waals surface area contributed by atoms with Gasteiger partial charge in [0.25, 0.3) is 0 Å². The SMILES string of the molecule is COc1ccc(C(=O)CCN(C)CCN(C)Cc2ccccc2)cc1.Cl.Cl. The molecule has 4 nitrogen and oxygen atoms in total. The zero-order valence-corrected chi connectivity index (χ0v) is 17.9.